The molecular weight excluding hydrogens is 424 g/mol. The fraction of sp³-hybridized carbons (Fsp3) is 0.767. The average Bonchev–Trinajstić information content (AvgIpc) is 3.02. The van der Waals surface area contributed by atoms with Crippen molar-refractivity contribution >= 4 is 17.5 Å². The summed E-state index contributed by atoms with van der Waals surface area (Å²) in [5, 5.41) is 9.12. The van der Waals surface area contributed by atoms with Gasteiger partial charge in [0.25, 0.3) is 0 Å². The number of aliphatic carboxylic acids is 1. The molecule has 0 spiro atoms. The highest BCUT2D eigenvalue weighted by Crippen LogP contribution is 2.73. The maximum atomic E-state index is 12.8. The van der Waals surface area contributed by atoms with Crippen molar-refractivity contribution in [2.45, 2.75) is 99.8 Å². The van der Waals surface area contributed by atoms with E-state index in [2.05, 4.69) is 47.6 Å². The summed E-state index contributed by atoms with van der Waals surface area (Å²) in [6.07, 6.45) is 11.6. The van der Waals surface area contributed by atoms with E-state index in [1.165, 1.54) is 19.4 Å². The summed E-state index contributed by atoms with van der Waals surface area (Å²) in [4.78, 5) is 36.5. The van der Waals surface area contributed by atoms with E-state index < -0.39 is 5.97 Å². The molecule has 4 rings (SSSR count). The average molecular weight is 469 g/mol. The van der Waals surface area contributed by atoms with E-state index in [0.717, 1.165) is 32.1 Å². The molecule has 0 amide bonds. The molecule has 3 fully saturated rings. The predicted molar refractivity (Wildman–Crippen MR) is 134 cm³/mol. The third kappa shape index (κ3) is 3.49. The van der Waals surface area contributed by atoms with Crippen LogP contribution >= 0.6 is 0 Å². The first-order valence-corrected chi connectivity index (χ1v) is 13.4. The highest BCUT2D eigenvalue weighted by Gasteiger charge is 2.65. The lowest BCUT2D eigenvalue weighted by Gasteiger charge is -2.63. The first-order valence-electron chi connectivity index (χ1n) is 13.4. The molecule has 1 N–H and O–H groups in total. The van der Waals surface area contributed by atoms with Gasteiger partial charge < -0.3 is 5.11 Å². The number of carbonyl (C=O) groups is 3. The molecule has 0 radical (unpaired) electrons. The zero-order chi connectivity index (χ0) is 25.3. The Balaban J connectivity index is 1.61. The SMILES string of the molecule is C/C(=C\C(=O)CC(C)C1CCC2(C)C3=CCC4C(C)(C)C(=O)CCC4(C)C3CCC12C)C(=O)O. The number of hydrogen-bond donors (Lipinski definition) is 1. The molecule has 4 aliphatic rings. The summed E-state index contributed by atoms with van der Waals surface area (Å²) in [5.41, 5.74) is 1.97. The molecule has 188 valence electrons. The van der Waals surface area contributed by atoms with Crippen LogP contribution in [0.3, 0.4) is 0 Å². The van der Waals surface area contributed by atoms with Crippen molar-refractivity contribution in [3.8, 4) is 0 Å². The van der Waals surface area contributed by atoms with Crippen molar-refractivity contribution in [2.24, 2.45) is 45.3 Å². The molecule has 7 unspecified atom stereocenters. The Morgan fingerprint density at radius 3 is 2.44 bits per heavy atom. The number of rotatable bonds is 5. The highest BCUT2D eigenvalue weighted by atomic mass is 16.4. The Morgan fingerprint density at radius 2 is 1.79 bits per heavy atom. The molecule has 0 saturated heterocycles. The summed E-state index contributed by atoms with van der Waals surface area (Å²) in [6, 6.07) is 0. The lowest BCUT2D eigenvalue weighted by atomic mass is 9.41. The monoisotopic (exact) mass is 468 g/mol. The number of carboxylic acids is 1. The van der Waals surface area contributed by atoms with Crippen LogP contribution in [0.1, 0.15) is 99.8 Å². The number of fused-ring (bicyclic) bond motifs is 5. The second-order valence-corrected chi connectivity index (χ2v) is 13.4. The Kier molecular flexibility index (Phi) is 6.10. The highest BCUT2D eigenvalue weighted by molar-refractivity contribution is 5.98. The number of ketones is 2. The van der Waals surface area contributed by atoms with Crippen molar-refractivity contribution in [3.63, 3.8) is 0 Å². The van der Waals surface area contributed by atoms with Gasteiger partial charge in [0.2, 0.25) is 0 Å². The number of carbonyl (C=O) groups excluding carboxylic acids is 2. The molecular formula is C30H44O4. The summed E-state index contributed by atoms with van der Waals surface area (Å²) in [6.45, 7) is 15.5. The Morgan fingerprint density at radius 1 is 1.12 bits per heavy atom. The van der Waals surface area contributed by atoms with E-state index in [1.807, 2.05) is 0 Å². The van der Waals surface area contributed by atoms with Gasteiger partial charge in [0.05, 0.1) is 0 Å². The van der Waals surface area contributed by atoms with E-state index in [0.29, 0.717) is 36.4 Å². The van der Waals surface area contributed by atoms with E-state index in [-0.39, 0.29) is 38.9 Å². The minimum Gasteiger partial charge on any atom is -0.478 e. The van der Waals surface area contributed by atoms with Crippen LogP contribution in [0.15, 0.2) is 23.3 Å². The molecule has 0 aliphatic heterocycles. The lowest BCUT2D eigenvalue weighted by molar-refractivity contribution is -0.146. The van der Waals surface area contributed by atoms with Gasteiger partial charge in [-0.1, -0.05) is 53.2 Å². The minimum atomic E-state index is -1.02. The number of hydrogen-bond acceptors (Lipinski definition) is 3. The van der Waals surface area contributed by atoms with Gasteiger partial charge in [-0.3, -0.25) is 9.59 Å². The third-order valence-corrected chi connectivity index (χ3v) is 11.6. The minimum absolute atomic E-state index is 0.0698. The molecule has 3 saturated carbocycles. The first-order chi connectivity index (χ1) is 15.7. The molecule has 0 aromatic rings. The van der Waals surface area contributed by atoms with Crippen LogP contribution in [0.5, 0.6) is 0 Å². The van der Waals surface area contributed by atoms with Crippen LogP contribution in [-0.2, 0) is 14.4 Å². The van der Waals surface area contributed by atoms with Gasteiger partial charge in [0.1, 0.15) is 5.78 Å². The van der Waals surface area contributed by atoms with Crippen LogP contribution in [0.25, 0.3) is 0 Å². The summed E-state index contributed by atoms with van der Waals surface area (Å²) in [7, 11) is 0. The van der Waals surface area contributed by atoms with Crippen LogP contribution in [0.2, 0.25) is 0 Å². The fourth-order valence-electron chi connectivity index (χ4n) is 9.29. The Bertz CT molecular complexity index is 970. The van der Waals surface area contributed by atoms with E-state index in [1.54, 1.807) is 5.57 Å². The van der Waals surface area contributed by atoms with Gasteiger partial charge in [-0.15, -0.1) is 0 Å². The van der Waals surface area contributed by atoms with Crippen molar-refractivity contribution in [1.82, 2.24) is 0 Å². The van der Waals surface area contributed by atoms with Crippen molar-refractivity contribution in [2.75, 3.05) is 0 Å². The molecule has 0 aromatic carbocycles. The Labute approximate surface area is 205 Å². The van der Waals surface area contributed by atoms with Gasteiger partial charge in [0.15, 0.2) is 5.78 Å². The lowest BCUT2D eigenvalue weighted by Crippen LogP contribution is -2.57. The van der Waals surface area contributed by atoms with E-state index >= 15 is 0 Å². The second kappa shape index (κ2) is 8.17. The maximum Gasteiger partial charge on any atom is 0.331 e. The van der Waals surface area contributed by atoms with Gasteiger partial charge >= 0.3 is 5.97 Å². The predicted octanol–water partition coefficient (Wildman–Crippen LogP) is 6.79. The van der Waals surface area contributed by atoms with Gasteiger partial charge in [-0.05, 0) is 91.4 Å². The molecule has 0 heterocycles. The van der Waals surface area contributed by atoms with Gasteiger partial charge in [0, 0.05) is 23.8 Å². The number of allylic oxidation sites excluding steroid dienone is 3. The maximum absolute atomic E-state index is 12.8. The molecule has 7 atom stereocenters. The standard InChI is InChI=1S/C30H44O4/c1-18(16-20(31)17-19(2)26(33)34)21-10-14-30(7)23-8-9-24-27(3,4)25(32)12-13-28(24,5)22(23)11-15-29(21,30)6/h8,17-18,21-22,24H,9-16H2,1-7H3,(H,33,34)/b19-17+. The molecule has 0 bridgehead atoms. The van der Waals surface area contributed by atoms with Gasteiger partial charge in [-0.25, -0.2) is 4.79 Å². The largest absolute Gasteiger partial charge is 0.478 e. The van der Waals surface area contributed by atoms with E-state index in [4.69, 9.17) is 5.11 Å². The molecule has 4 nitrogen and oxygen atoms in total. The van der Waals surface area contributed by atoms with Crippen LogP contribution in [-0.4, -0.2) is 22.6 Å². The second-order valence-electron chi connectivity index (χ2n) is 13.4. The summed E-state index contributed by atoms with van der Waals surface area (Å²) in [5.74, 6) is 0.993. The fourth-order valence-corrected chi connectivity index (χ4v) is 9.29. The van der Waals surface area contributed by atoms with Crippen molar-refractivity contribution < 1.29 is 19.5 Å². The van der Waals surface area contributed by atoms with Crippen LogP contribution < -0.4 is 0 Å². The smallest absolute Gasteiger partial charge is 0.331 e. The van der Waals surface area contributed by atoms with Crippen LogP contribution in [0.4, 0.5) is 0 Å². The van der Waals surface area contributed by atoms with E-state index in [9.17, 15) is 14.4 Å². The summed E-state index contributed by atoms with van der Waals surface area (Å²) >= 11 is 0. The zero-order valence-electron chi connectivity index (χ0n) is 22.3. The first kappa shape index (κ1) is 25.4. The molecule has 4 heteroatoms. The van der Waals surface area contributed by atoms with Gasteiger partial charge in [-0.2, -0.15) is 0 Å². The molecule has 4 aliphatic carbocycles. The third-order valence-electron chi connectivity index (χ3n) is 11.6. The number of Topliss-reactive ketones (excluding diaryl/α,β-unsaturated/α-hetero) is 1. The summed E-state index contributed by atoms with van der Waals surface area (Å²) < 4.78 is 0. The number of carboxylic acid groups (broad SMARTS) is 1. The topological polar surface area (TPSA) is 71.4 Å². The van der Waals surface area contributed by atoms with Crippen molar-refractivity contribution in [3.05, 3.63) is 23.3 Å². The van der Waals surface area contributed by atoms with Crippen molar-refractivity contribution in [1.29, 1.82) is 0 Å². The Hall–Kier alpha value is -1.71. The van der Waals surface area contributed by atoms with Crippen LogP contribution in [0, 0.1) is 45.3 Å². The molecule has 0 aromatic heterocycles. The normalized spacial score (nSPS) is 42.2. The zero-order valence-corrected chi connectivity index (χ0v) is 22.3. The molecule has 34 heavy (non-hydrogen) atoms. The quantitative estimate of drug-likeness (QED) is 0.356.